The predicted molar refractivity (Wildman–Crippen MR) is 125 cm³/mol. The number of hydrogen-bond acceptors (Lipinski definition) is 6. The lowest BCUT2D eigenvalue weighted by Gasteiger charge is -2.17. The number of amides is 4. The van der Waals surface area contributed by atoms with Crippen LogP contribution in [-0.4, -0.2) is 70.4 Å². The van der Waals surface area contributed by atoms with Crippen molar-refractivity contribution < 1.29 is 29.1 Å². The largest absolute Gasteiger partial charge is 0.480 e. The van der Waals surface area contributed by atoms with Crippen molar-refractivity contribution in [2.24, 2.45) is 5.41 Å². The minimum absolute atomic E-state index is 0.116. The zero-order valence-electron chi connectivity index (χ0n) is 19.6. The van der Waals surface area contributed by atoms with Crippen LogP contribution < -0.4 is 21.3 Å². The van der Waals surface area contributed by atoms with Crippen LogP contribution in [0.25, 0.3) is 0 Å². The zero-order valence-corrected chi connectivity index (χ0v) is 20.4. The molecule has 0 aromatic heterocycles. The first-order valence-electron chi connectivity index (χ1n) is 11.5. The van der Waals surface area contributed by atoms with Gasteiger partial charge >= 0.3 is 12.0 Å². The van der Waals surface area contributed by atoms with Crippen LogP contribution in [0.1, 0.15) is 65.7 Å². The van der Waals surface area contributed by atoms with E-state index in [1.807, 2.05) is 11.8 Å². The van der Waals surface area contributed by atoms with Crippen molar-refractivity contribution >= 4 is 41.4 Å². The average molecular weight is 485 g/mol. The molecule has 0 spiro atoms. The Bertz CT molecular complexity index is 754. The summed E-state index contributed by atoms with van der Waals surface area (Å²) in [5.74, 6) is -1.61. The lowest BCUT2D eigenvalue weighted by molar-refractivity contribution is -0.142. The van der Waals surface area contributed by atoms with Crippen molar-refractivity contribution in [1.82, 2.24) is 21.3 Å². The number of Topliss-reactive ketones (excluding diaryl/α,β-unsaturated/α-hetero) is 1. The fourth-order valence-corrected chi connectivity index (χ4v) is 5.44. The van der Waals surface area contributed by atoms with Gasteiger partial charge in [0.1, 0.15) is 6.04 Å². The van der Waals surface area contributed by atoms with Crippen LogP contribution >= 0.6 is 11.8 Å². The number of aliphatic carboxylic acids is 1. The van der Waals surface area contributed by atoms with Gasteiger partial charge in [0, 0.05) is 29.4 Å². The second-order valence-electron chi connectivity index (χ2n) is 9.66. The monoisotopic (exact) mass is 484 g/mol. The maximum absolute atomic E-state index is 12.2. The Labute approximate surface area is 198 Å². The molecule has 0 aliphatic carbocycles. The Balaban J connectivity index is 1.59. The predicted octanol–water partition coefficient (Wildman–Crippen LogP) is 1.18. The van der Waals surface area contributed by atoms with E-state index in [0.717, 1.165) is 18.6 Å². The minimum atomic E-state index is -1.09. The number of hydrogen-bond donors (Lipinski definition) is 5. The number of carboxylic acids is 1. The maximum Gasteiger partial charge on any atom is 0.326 e. The number of ketones is 1. The quantitative estimate of drug-likeness (QED) is 0.149. The van der Waals surface area contributed by atoms with E-state index >= 15 is 0 Å². The number of carbonyl (C=O) groups excluding carboxylic acids is 4. The van der Waals surface area contributed by atoms with Crippen molar-refractivity contribution in [2.45, 2.75) is 89.1 Å². The van der Waals surface area contributed by atoms with E-state index in [2.05, 4.69) is 21.3 Å². The van der Waals surface area contributed by atoms with E-state index in [-0.39, 0.29) is 43.4 Å². The molecule has 2 aliphatic rings. The molecule has 0 radical (unpaired) electrons. The zero-order chi connectivity index (χ0) is 24.6. The van der Waals surface area contributed by atoms with E-state index in [9.17, 15) is 29.1 Å². The number of rotatable bonds is 13. The molecule has 33 heavy (non-hydrogen) atoms. The van der Waals surface area contributed by atoms with Gasteiger partial charge in [0.15, 0.2) is 0 Å². The number of unbranched alkanes of at least 4 members (excludes halogenated alkanes) is 2. The van der Waals surface area contributed by atoms with Crippen LogP contribution in [0.2, 0.25) is 0 Å². The Morgan fingerprint density at radius 2 is 1.85 bits per heavy atom. The summed E-state index contributed by atoms with van der Waals surface area (Å²) in [6, 6.07) is -0.769. The van der Waals surface area contributed by atoms with Crippen LogP contribution in [0.15, 0.2) is 0 Å². The lowest BCUT2D eigenvalue weighted by atomic mass is 9.90. The molecule has 4 atom stereocenters. The molecule has 0 aromatic rings. The van der Waals surface area contributed by atoms with Gasteiger partial charge in [-0.15, -0.1) is 0 Å². The first-order valence-corrected chi connectivity index (χ1v) is 12.6. The van der Waals surface area contributed by atoms with Gasteiger partial charge in [-0.25, -0.2) is 9.59 Å². The number of carbonyl (C=O) groups is 5. The molecule has 2 fully saturated rings. The fraction of sp³-hybridized carbons (Fsp3) is 0.773. The van der Waals surface area contributed by atoms with E-state index in [1.54, 1.807) is 20.8 Å². The Morgan fingerprint density at radius 3 is 2.52 bits per heavy atom. The molecule has 0 saturated carbocycles. The molecule has 10 nitrogen and oxygen atoms in total. The highest BCUT2D eigenvalue weighted by atomic mass is 32.2. The third kappa shape index (κ3) is 8.53. The molecule has 2 heterocycles. The standard InChI is InChI=1S/C22H36N4O6S/c1-22(2,3)18(28)19(29)23-11-7-6-8-13(20(30)31)24-16(27)10-5-4-9-15-17-14(12-33-15)25-21(32)26-17/h13-15,17H,4-12H2,1-3H3,(H,23,29)(H,24,27)(H,30,31)(H2,25,26,32). The fourth-order valence-electron chi connectivity index (χ4n) is 3.89. The Kier molecular flexibility index (Phi) is 10.00. The summed E-state index contributed by atoms with van der Waals surface area (Å²) in [5.41, 5.74) is -0.745. The van der Waals surface area contributed by atoms with Gasteiger partial charge in [-0.1, -0.05) is 27.2 Å². The second kappa shape index (κ2) is 12.2. The van der Waals surface area contributed by atoms with Gasteiger partial charge in [0.05, 0.1) is 12.1 Å². The molecule has 4 amide bonds. The minimum Gasteiger partial charge on any atom is -0.480 e. The van der Waals surface area contributed by atoms with Gasteiger partial charge in [-0.05, 0) is 32.1 Å². The molecule has 186 valence electrons. The molecule has 0 bridgehead atoms. The molecule has 11 heteroatoms. The van der Waals surface area contributed by atoms with Gasteiger partial charge in [-0.2, -0.15) is 11.8 Å². The smallest absolute Gasteiger partial charge is 0.326 e. The van der Waals surface area contributed by atoms with Crippen molar-refractivity contribution in [3.8, 4) is 0 Å². The highest BCUT2D eigenvalue weighted by molar-refractivity contribution is 8.00. The van der Waals surface area contributed by atoms with E-state index in [1.165, 1.54) is 0 Å². The van der Waals surface area contributed by atoms with Crippen LogP contribution in [0.4, 0.5) is 4.79 Å². The van der Waals surface area contributed by atoms with Gasteiger partial charge in [0.25, 0.3) is 5.91 Å². The molecular formula is C22H36N4O6S. The molecule has 4 unspecified atom stereocenters. The first-order chi connectivity index (χ1) is 15.5. The maximum atomic E-state index is 12.2. The molecule has 5 N–H and O–H groups in total. The third-order valence-corrected chi connectivity index (χ3v) is 7.32. The third-order valence-electron chi connectivity index (χ3n) is 5.81. The van der Waals surface area contributed by atoms with Crippen LogP contribution in [0.5, 0.6) is 0 Å². The number of urea groups is 1. The molecule has 2 rings (SSSR count). The average Bonchev–Trinajstić information content (AvgIpc) is 3.27. The summed E-state index contributed by atoms with van der Waals surface area (Å²) in [7, 11) is 0. The second-order valence-corrected chi connectivity index (χ2v) is 10.9. The summed E-state index contributed by atoms with van der Waals surface area (Å²) in [6.07, 6.45) is 3.88. The van der Waals surface area contributed by atoms with Crippen molar-refractivity contribution in [1.29, 1.82) is 0 Å². The summed E-state index contributed by atoms with van der Waals surface area (Å²) in [6.45, 7) is 5.29. The molecular weight excluding hydrogens is 448 g/mol. The topological polar surface area (TPSA) is 154 Å². The van der Waals surface area contributed by atoms with E-state index in [0.29, 0.717) is 24.5 Å². The summed E-state index contributed by atoms with van der Waals surface area (Å²) in [4.78, 5) is 58.7. The van der Waals surface area contributed by atoms with Crippen LogP contribution in [-0.2, 0) is 19.2 Å². The number of nitrogens with one attached hydrogen (secondary N) is 4. The van der Waals surface area contributed by atoms with Gasteiger partial charge in [-0.3, -0.25) is 14.4 Å². The van der Waals surface area contributed by atoms with E-state index < -0.39 is 29.1 Å². The lowest BCUT2D eigenvalue weighted by Crippen LogP contribution is -2.41. The van der Waals surface area contributed by atoms with Crippen LogP contribution in [0.3, 0.4) is 0 Å². The van der Waals surface area contributed by atoms with Crippen molar-refractivity contribution in [3.05, 3.63) is 0 Å². The van der Waals surface area contributed by atoms with Gasteiger partial charge in [0.2, 0.25) is 11.7 Å². The normalized spacial score (nSPS) is 22.6. The highest BCUT2D eigenvalue weighted by Crippen LogP contribution is 2.33. The Hall–Kier alpha value is -2.30. The van der Waals surface area contributed by atoms with Crippen LogP contribution in [0, 0.1) is 5.41 Å². The van der Waals surface area contributed by atoms with Crippen molar-refractivity contribution in [3.63, 3.8) is 0 Å². The highest BCUT2D eigenvalue weighted by Gasteiger charge is 2.42. The molecule has 2 saturated heterocycles. The SMILES string of the molecule is CC(C)(C)C(=O)C(=O)NCCCCC(NC(=O)CCCCC1SCC2NC(=O)NC21)C(=O)O. The first kappa shape index (κ1) is 26.9. The summed E-state index contributed by atoms with van der Waals surface area (Å²) in [5, 5.41) is 20.7. The van der Waals surface area contributed by atoms with Crippen molar-refractivity contribution in [2.75, 3.05) is 12.3 Å². The molecule has 2 aliphatic heterocycles. The summed E-state index contributed by atoms with van der Waals surface area (Å²) < 4.78 is 0. The number of carboxylic acid groups (broad SMARTS) is 1. The Morgan fingerprint density at radius 1 is 1.12 bits per heavy atom. The number of thioether (sulfide) groups is 1. The van der Waals surface area contributed by atoms with Gasteiger partial charge < -0.3 is 26.4 Å². The number of fused-ring (bicyclic) bond motifs is 1. The molecule has 0 aromatic carbocycles. The summed E-state index contributed by atoms with van der Waals surface area (Å²) >= 11 is 1.83. The van der Waals surface area contributed by atoms with E-state index in [4.69, 9.17) is 0 Å².